The van der Waals surface area contributed by atoms with Gasteiger partial charge in [-0.1, -0.05) is 42.8 Å². The van der Waals surface area contributed by atoms with Gasteiger partial charge in [0.05, 0.1) is 6.04 Å². The summed E-state index contributed by atoms with van der Waals surface area (Å²) in [4.78, 5) is 6.82. The summed E-state index contributed by atoms with van der Waals surface area (Å²) in [5.41, 5.74) is 2.45. The molecule has 134 valence electrons. The molecular weight excluding hydrogens is 324 g/mol. The van der Waals surface area contributed by atoms with Crippen molar-refractivity contribution < 1.29 is 0 Å². The quantitative estimate of drug-likeness (QED) is 0.685. The van der Waals surface area contributed by atoms with Gasteiger partial charge in [-0.2, -0.15) is 0 Å². The number of hydrogen-bond donors (Lipinski definition) is 0. The number of aromatic nitrogens is 5. The van der Waals surface area contributed by atoms with Crippen molar-refractivity contribution >= 4 is 0 Å². The predicted octanol–water partition coefficient (Wildman–Crippen LogP) is 2.89. The molecule has 0 saturated carbocycles. The molecule has 1 atom stereocenters. The summed E-state index contributed by atoms with van der Waals surface area (Å²) in [6.45, 7) is 2.92. The van der Waals surface area contributed by atoms with Crippen LogP contribution in [0, 0.1) is 0 Å². The fourth-order valence-corrected chi connectivity index (χ4v) is 3.68. The highest BCUT2D eigenvalue weighted by atomic mass is 15.5. The summed E-state index contributed by atoms with van der Waals surface area (Å²) in [7, 11) is 0. The average molecular weight is 348 g/mol. The van der Waals surface area contributed by atoms with Crippen molar-refractivity contribution in [2.24, 2.45) is 0 Å². The molecule has 1 aliphatic rings. The molecule has 3 aromatic rings. The molecule has 3 heterocycles. The SMILES string of the molecule is c1ccc(CCn2nnnc2[C@@H](c2cccnc2)N2CCCCC2)cc1. The van der Waals surface area contributed by atoms with Crippen LogP contribution in [0.5, 0.6) is 0 Å². The van der Waals surface area contributed by atoms with Gasteiger partial charge in [0, 0.05) is 18.9 Å². The molecule has 1 aliphatic heterocycles. The molecule has 0 radical (unpaired) electrons. The molecule has 1 aromatic carbocycles. The number of benzene rings is 1. The van der Waals surface area contributed by atoms with E-state index in [1.807, 2.05) is 29.2 Å². The number of nitrogens with zero attached hydrogens (tertiary/aromatic N) is 6. The lowest BCUT2D eigenvalue weighted by Crippen LogP contribution is -2.36. The number of tetrazole rings is 1. The van der Waals surface area contributed by atoms with E-state index in [-0.39, 0.29) is 6.04 Å². The van der Waals surface area contributed by atoms with E-state index >= 15 is 0 Å². The van der Waals surface area contributed by atoms with E-state index in [1.165, 1.54) is 24.8 Å². The Kier molecular flexibility index (Phi) is 5.30. The molecule has 0 spiro atoms. The maximum atomic E-state index is 4.41. The normalized spacial score (nSPS) is 16.5. The molecule has 26 heavy (non-hydrogen) atoms. The largest absolute Gasteiger partial charge is 0.290 e. The van der Waals surface area contributed by atoms with Crippen LogP contribution in [-0.4, -0.2) is 43.2 Å². The third-order valence-corrected chi connectivity index (χ3v) is 5.02. The Balaban J connectivity index is 1.60. The fourth-order valence-electron chi connectivity index (χ4n) is 3.68. The smallest absolute Gasteiger partial charge is 0.173 e. The van der Waals surface area contributed by atoms with Crippen LogP contribution in [-0.2, 0) is 13.0 Å². The zero-order valence-corrected chi connectivity index (χ0v) is 14.9. The summed E-state index contributed by atoms with van der Waals surface area (Å²) in [5, 5.41) is 12.7. The number of rotatable bonds is 6. The highest BCUT2D eigenvalue weighted by Crippen LogP contribution is 2.29. The van der Waals surface area contributed by atoms with Gasteiger partial charge < -0.3 is 0 Å². The van der Waals surface area contributed by atoms with Gasteiger partial charge in [-0.3, -0.25) is 9.88 Å². The van der Waals surface area contributed by atoms with Crippen LogP contribution in [0.3, 0.4) is 0 Å². The number of piperidine rings is 1. The molecular formula is C20H24N6. The van der Waals surface area contributed by atoms with Crippen molar-refractivity contribution in [3.8, 4) is 0 Å². The predicted molar refractivity (Wildman–Crippen MR) is 99.5 cm³/mol. The van der Waals surface area contributed by atoms with Gasteiger partial charge in [0.1, 0.15) is 0 Å². The third-order valence-electron chi connectivity index (χ3n) is 5.02. The molecule has 0 N–H and O–H groups in total. The minimum Gasteiger partial charge on any atom is -0.290 e. The minimum absolute atomic E-state index is 0.0646. The van der Waals surface area contributed by atoms with E-state index < -0.39 is 0 Å². The second-order valence-electron chi connectivity index (χ2n) is 6.78. The Morgan fingerprint density at radius 1 is 0.962 bits per heavy atom. The molecule has 0 aliphatic carbocycles. The summed E-state index contributed by atoms with van der Waals surface area (Å²) in [6, 6.07) is 14.7. The number of hydrogen-bond acceptors (Lipinski definition) is 5. The molecule has 0 amide bonds. The van der Waals surface area contributed by atoms with Gasteiger partial charge >= 0.3 is 0 Å². The number of pyridine rings is 1. The highest BCUT2D eigenvalue weighted by Gasteiger charge is 2.28. The third kappa shape index (κ3) is 3.80. The molecule has 1 saturated heterocycles. The van der Waals surface area contributed by atoms with Gasteiger partial charge in [-0.25, -0.2) is 4.68 Å². The van der Waals surface area contributed by atoms with Crippen molar-refractivity contribution in [1.82, 2.24) is 30.1 Å². The first kappa shape index (κ1) is 16.8. The lowest BCUT2D eigenvalue weighted by Gasteiger charge is -2.33. The van der Waals surface area contributed by atoms with Gasteiger partial charge in [-0.05, 0) is 60.0 Å². The first-order chi connectivity index (χ1) is 12.9. The molecule has 2 aromatic heterocycles. The number of likely N-dealkylation sites (tertiary alicyclic amines) is 1. The highest BCUT2D eigenvalue weighted by molar-refractivity contribution is 5.22. The topological polar surface area (TPSA) is 59.7 Å². The van der Waals surface area contributed by atoms with E-state index in [0.29, 0.717) is 0 Å². The van der Waals surface area contributed by atoms with E-state index in [0.717, 1.165) is 37.4 Å². The standard InChI is InChI=1S/C20H24N6/c1-3-8-17(9-4-1)11-15-26-20(22-23-24-26)19(18-10-7-12-21-16-18)25-13-5-2-6-14-25/h1,3-4,7-10,12,16,19H,2,5-6,11,13-15H2/t19-/m1/s1. The van der Waals surface area contributed by atoms with Gasteiger partial charge in [0.25, 0.3) is 0 Å². The Hall–Kier alpha value is -2.60. The first-order valence-corrected chi connectivity index (χ1v) is 9.36. The van der Waals surface area contributed by atoms with E-state index in [2.05, 4.69) is 55.7 Å². The Labute approximate surface area is 153 Å². The zero-order chi connectivity index (χ0) is 17.6. The number of aryl methyl sites for hydroxylation is 2. The van der Waals surface area contributed by atoms with Crippen LogP contribution < -0.4 is 0 Å². The summed E-state index contributed by atoms with van der Waals surface area (Å²) < 4.78 is 1.96. The van der Waals surface area contributed by atoms with Gasteiger partial charge in [0.2, 0.25) is 0 Å². The first-order valence-electron chi connectivity index (χ1n) is 9.36. The summed E-state index contributed by atoms with van der Waals surface area (Å²) in [5.74, 6) is 0.913. The summed E-state index contributed by atoms with van der Waals surface area (Å²) >= 11 is 0. The van der Waals surface area contributed by atoms with E-state index in [1.54, 1.807) is 0 Å². The second-order valence-corrected chi connectivity index (χ2v) is 6.78. The van der Waals surface area contributed by atoms with Crippen LogP contribution in [0.25, 0.3) is 0 Å². The second kappa shape index (κ2) is 8.19. The lowest BCUT2D eigenvalue weighted by molar-refractivity contribution is 0.177. The van der Waals surface area contributed by atoms with Crippen molar-refractivity contribution in [1.29, 1.82) is 0 Å². The Morgan fingerprint density at radius 3 is 2.58 bits per heavy atom. The van der Waals surface area contributed by atoms with E-state index in [9.17, 15) is 0 Å². The minimum atomic E-state index is 0.0646. The zero-order valence-electron chi connectivity index (χ0n) is 14.9. The molecule has 6 heteroatoms. The summed E-state index contributed by atoms with van der Waals surface area (Å²) in [6.07, 6.45) is 8.42. The van der Waals surface area contributed by atoms with Gasteiger partial charge in [-0.15, -0.1) is 5.10 Å². The van der Waals surface area contributed by atoms with Crippen LogP contribution >= 0.6 is 0 Å². The van der Waals surface area contributed by atoms with Crippen LogP contribution in [0.15, 0.2) is 54.9 Å². The lowest BCUT2D eigenvalue weighted by atomic mass is 10.0. The van der Waals surface area contributed by atoms with Crippen LogP contribution in [0.1, 0.15) is 42.3 Å². The van der Waals surface area contributed by atoms with E-state index in [4.69, 9.17) is 0 Å². The van der Waals surface area contributed by atoms with Crippen molar-refractivity contribution in [3.05, 3.63) is 71.8 Å². The monoisotopic (exact) mass is 348 g/mol. The van der Waals surface area contributed by atoms with Crippen LogP contribution in [0.4, 0.5) is 0 Å². The van der Waals surface area contributed by atoms with Crippen molar-refractivity contribution in [2.75, 3.05) is 13.1 Å². The average Bonchev–Trinajstić information content (AvgIpc) is 3.17. The van der Waals surface area contributed by atoms with Crippen molar-refractivity contribution in [3.63, 3.8) is 0 Å². The fraction of sp³-hybridized carbons (Fsp3) is 0.400. The molecule has 0 unspecified atom stereocenters. The molecule has 4 rings (SSSR count). The Bertz CT molecular complexity index is 795. The maximum absolute atomic E-state index is 4.41. The molecule has 0 bridgehead atoms. The molecule has 6 nitrogen and oxygen atoms in total. The molecule has 1 fully saturated rings. The van der Waals surface area contributed by atoms with Crippen LogP contribution in [0.2, 0.25) is 0 Å². The Morgan fingerprint density at radius 2 is 1.81 bits per heavy atom. The van der Waals surface area contributed by atoms with Gasteiger partial charge in [0.15, 0.2) is 5.82 Å². The van der Waals surface area contributed by atoms with Crippen molar-refractivity contribution in [2.45, 2.75) is 38.3 Å². The maximum Gasteiger partial charge on any atom is 0.173 e.